The van der Waals surface area contributed by atoms with Gasteiger partial charge >= 0.3 is 5.97 Å². The van der Waals surface area contributed by atoms with Crippen LogP contribution in [0.15, 0.2) is 60.2 Å². The Hall–Kier alpha value is -3.25. The number of aryl methyl sites for hydroxylation is 2. The van der Waals surface area contributed by atoms with Gasteiger partial charge in [0.15, 0.2) is 11.9 Å². The van der Waals surface area contributed by atoms with E-state index in [0.29, 0.717) is 6.42 Å². The van der Waals surface area contributed by atoms with E-state index in [9.17, 15) is 9.59 Å². The number of fused-ring (bicyclic) bond motifs is 1. The summed E-state index contributed by atoms with van der Waals surface area (Å²) in [5.41, 5.74) is 4.82. The van der Waals surface area contributed by atoms with Gasteiger partial charge in [-0.05, 0) is 62.4 Å². The fraction of sp³-hybridized carbons (Fsp3) is 0.346. The number of allylic oxidation sites excluding steroid dienone is 2. The summed E-state index contributed by atoms with van der Waals surface area (Å²) in [5, 5.41) is 8.96. The highest BCUT2D eigenvalue weighted by molar-refractivity contribution is 5.96. The number of hydrogen-bond acceptors (Lipinski definition) is 4. The number of carbonyl (C=O) groups excluding carboxylic acids is 1. The molecule has 0 unspecified atom stereocenters. The summed E-state index contributed by atoms with van der Waals surface area (Å²) in [4.78, 5) is 28.1. The molecule has 168 valence electrons. The number of imidazole rings is 1. The molecule has 0 spiro atoms. The number of hydrogen-bond donors (Lipinski definition) is 1. The molecule has 0 aliphatic carbocycles. The first kappa shape index (κ1) is 23.4. The molecule has 0 fully saturated rings. The molecule has 0 saturated heterocycles. The third-order valence-corrected chi connectivity index (χ3v) is 5.61. The molecule has 0 radical (unpaired) electrons. The van der Waals surface area contributed by atoms with Gasteiger partial charge in [0.25, 0.3) is 0 Å². The van der Waals surface area contributed by atoms with Crippen molar-refractivity contribution < 1.29 is 19.4 Å². The van der Waals surface area contributed by atoms with Gasteiger partial charge < -0.3 is 14.4 Å². The van der Waals surface area contributed by atoms with Crippen molar-refractivity contribution in [1.29, 1.82) is 0 Å². The number of nitrogens with zero attached hydrogens (tertiary/aromatic N) is 2. The molecule has 0 aliphatic heterocycles. The molecule has 0 aliphatic rings. The summed E-state index contributed by atoms with van der Waals surface area (Å²) in [7, 11) is 0. The lowest BCUT2D eigenvalue weighted by atomic mass is 10.1. The Labute approximate surface area is 188 Å². The molecule has 3 aromatic rings. The monoisotopic (exact) mass is 434 g/mol. The zero-order chi connectivity index (χ0) is 23.1. The number of carboxylic acids is 1. The predicted octanol–water partition coefficient (Wildman–Crippen LogP) is 4.74. The number of rotatable bonds is 11. The Kier molecular flexibility index (Phi) is 7.95. The van der Waals surface area contributed by atoms with E-state index in [4.69, 9.17) is 14.8 Å². The molecule has 32 heavy (non-hydrogen) atoms. The summed E-state index contributed by atoms with van der Waals surface area (Å²) in [6.07, 6.45) is 3.04. The number of aromatic nitrogens is 2. The fourth-order valence-corrected chi connectivity index (χ4v) is 3.56. The molecule has 0 saturated carbocycles. The van der Waals surface area contributed by atoms with Gasteiger partial charge in [-0.25, -0.2) is 9.78 Å². The molecule has 2 aromatic carbocycles. The Bertz CT molecular complexity index is 1130. The molecular weight excluding hydrogens is 404 g/mol. The minimum absolute atomic E-state index is 0.0901. The largest absolute Gasteiger partial charge is 0.479 e. The zero-order valence-electron chi connectivity index (χ0n) is 18.9. The minimum Gasteiger partial charge on any atom is -0.479 e. The van der Waals surface area contributed by atoms with Crippen LogP contribution < -0.4 is 0 Å². The van der Waals surface area contributed by atoms with Gasteiger partial charge in [-0.3, -0.25) is 4.79 Å². The van der Waals surface area contributed by atoms with Gasteiger partial charge in [0, 0.05) is 6.54 Å². The predicted molar refractivity (Wildman–Crippen MR) is 125 cm³/mol. The molecule has 6 heteroatoms. The van der Waals surface area contributed by atoms with Crippen LogP contribution in [0.2, 0.25) is 0 Å². The molecule has 1 atom stereocenters. The summed E-state index contributed by atoms with van der Waals surface area (Å²) in [5.74, 6) is -0.0813. The lowest BCUT2D eigenvalue weighted by molar-refractivity contribution is -0.149. The maximum Gasteiger partial charge on any atom is 0.332 e. The molecule has 0 amide bonds. The number of benzene rings is 2. The highest BCUT2D eigenvalue weighted by atomic mass is 16.5. The average molecular weight is 435 g/mol. The number of aliphatic carboxylic acids is 1. The maximum atomic E-state index is 12.5. The molecule has 1 aromatic heterocycles. The number of Topliss-reactive ketones (excluding diaryl/α,β-unsaturated/α-hetero) is 1. The van der Waals surface area contributed by atoms with Gasteiger partial charge in [-0.1, -0.05) is 42.5 Å². The summed E-state index contributed by atoms with van der Waals surface area (Å²) in [6, 6.07) is 16.0. The van der Waals surface area contributed by atoms with Crippen molar-refractivity contribution in [2.75, 3.05) is 0 Å². The van der Waals surface area contributed by atoms with Crippen molar-refractivity contribution in [3.05, 3.63) is 77.1 Å². The van der Waals surface area contributed by atoms with E-state index in [1.807, 2.05) is 56.3 Å². The SMILES string of the molecule is C/C=C(\C)C(=O)Cc1nc2ccccc2n1CCCc1cccc(CO[C@@H](C)C(=O)O)c1. The van der Waals surface area contributed by atoms with Crippen LogP contribution in [0, 0.1) is 0 Å². The van der Waals surface area contributed by atoms with Crippen LogP contribution in [-0.2, 0) is 40.3 Å². The summed E-state index contributed by atoms with van der Waals surface area (Å²) < 4.78 is 7.54. The van der Waals surface area contributed by atoms with Crippen LogP contribution in [0.5, 0.6) is 0 Å². The third-order valence-electron chi connectivity index (χ3n) is 5.61. The van der Waals surface area contributed by atoms with E-state index in [1.54, 1.807) is 0 Å². The van der Waals surface area contributed by atoms with E-state index in [-0.39, 0.29) is 12.4 Å². The number of ketones is 1. The highest BCUT2D eigenvalue weighted by Gasteiger charge is 2.15. The van der Waals surface area contributed by atoms with Crippen LogP contribution in [0.3, 0.4) is 0 Å². The first-order valence-electron chi connectivity index (χ1n) is 10.9. The fourth-order valence-electron chi connectivity index (χ4n) is 3.56. The Balaban J connectivity index is 1.69. The Morgan fingerprint density at radius 2 is 1.91 bits per heavy atom. The molecule has 3 rings (SSSR count). The van der Waals surface area contributed by atoms with Gasteiger partial charge in [-0.15, -0.1) is 0 Å². The lowest BCUT2D eigenvalue weighted by Crippen LogP contribution is -2.19. The maximum absolute atomic E-state index is 12.5. The quantitative estimate of drug-likeness (QED) is 0.441. The number of carboxylic acid groups (broad SMARTS) is 1. The average Bonchev–Trinajstić information content (AvgIpc) is 3.14. The van der Waals surface area contributed by atoms with Gasteiger partial charge in [0.2, 0.25) is 0 Å². The van der Waals surface area contributed by atoms with Gasteiger partial charge in [0.1, 0.15) is 5.82 Å². The normalized spacial score (nSPS) is 12.8. The standard InChI is InChI=1S/C26H30N2O4/c1-4-18(2)24(29)16-25-27-22-12-5-6-13-23(22)28(25)14-8-11-20-9-7-10-21(15-20)17-32-19(3)26(30)31/h4-7,9-10,12-13,15,19H,8,11,14,16-17H2,1-3H3,(H,30,31)/b18-4+/t19-/m0/s1. The van der Waals surface area contributed by atoms with E-state index >= 15 is 0 Å². The zero-order valence-corrected chi connectivity index (χ0v) is 18.9. The minimum atomic E-state index is -0.965. The second-order valence-electron chi connectivity index (χ2n) is 7.95. The van der Waals surface area contributed by atoms with E-state index in [0.717, 1.165) is 47.4 Å². The topological polar surface area (TPSA) is 81.4 Å². The molecule has 0 bridgehead atoms. The van der Waals surface area contributed by atoms with Gasteiger partial charge in [-0.2, -0.15) is 0 Å². The number of para-hydroxylation sites is 2. The van der Waals surface area contributed by atoms with E-state index < -0.39 is 12.1 Å². The van der Waals surface area contributed by atoms with Gasteiger partial charge in [0.05, 0.1) is 24.1 Å². The van der Waals surface area contributed by atoms with Crippen molar-refractivity contribution in [1.82, 2.24) is 9.55 Å². The van der Waals surface area contributed by atoms with E-state index in [1.165, 1.54) is 12.5 Å². The van der Waals surface area contributed by atoms with Crippen LogP contribution in [0.4, 0.5) is 0 Å². The molecule has 1 N–H and O–H groups in total. The number of carbonyl (C=O) groups is 2. The van der Waals surface area contributed by atoms with E-state index in [2.05, 4.69) is 16.7 Å². The van der Waals surface area contributed by atoms with Crippen molar-refractivity contribution in [2.45, 2.75) is 59.3 Å². The highest BCUT2D eigenvalue weighted by Crippen LogP contribution is 2.19. The summed E-state index contributed by atoms with van der Waals surface area (Å²) >= 11 is 0. The first-order chi connectivity index (χ1) is 15.4. The Morgan fingerprint density at radius 3 is 2.66 bits per heavy atom. The van der Waals surface area contributed by atoms with Crippen molar-refractivity contribution in [3.8, 4) is 0 Å². The summed E-state index contributed by atoms with van der Waals surface area (Å²) in [6.45, 7) is 6.27. The Morgan fingerprint density at radius 1 is 1.16 bits per heavy atom. The van der Waals surface area contributed by atoms with Crippen molar-refractivity contribution in [2.24, 2.45) is 0 Å². The van der Waals surface area contributed by atoms with Crippen molar-refractivity contribution >= 4 is 22.8 Å². The van der Waals surface area contributed by atoms with Crippen molar-refractivity contribution in [3.63, 3.8) is 0 Å². The second kappa shape index (κ2) is 10.9. The lowest BCUT2D eigenvalue weighted by Gasteiger charge is -2.11. The van der Waals surface area contributed by atoms with Crippen LogP contribution in [0.25, 0.3) is 11.0 Å². The second-order valence-corrected chi connectivity index (χ2v) is 7.95. The van der Waals surface area contributed by atoms with Crippen LogP contribution in [-0.4, -0.2) is 32.5 Å². The molecule has 6 nitrogen and oxygen atoms in total. The van der Waals surface area contributed by atoms with Crippen LogP contribution >= 0.6 is 0 Å². The molecular formula is C26H30N2O4. The first-order valence-corrected chi connectivity index (χ1v) is 10.9. The third kappa shape index (κ3) is 5.92. The smallest absolute Gasteiger partial charge is 0.332 e. The number of ether oxygens (including phenoxy) is 1. The van der Waals surface area contributed by atoms with Crippen LogP contribution in [0.1, 0.15) is 44.1 Å². The molecule has 1 heterocycles.